The smallest absolute Gasteiger partial charge is 0.225 e. The molecule has 4 nitrogen and oxygen atoms in total. The minimum atomic E-state index is -0.0409. The highest BCUT2D eigenvalue weighted by Gasteiger charge is 2.11. The first kappa shape index (κ1) is 15.6. The van der Waals surface area contributed by atoms with Crippen LogP contribution in [0, 0.1) is 6.92 Å². The van der Waals surface area contributed by atoms with Crippen molar-refractivity contribution in [1.82, 2.24) is 9.97 Å². The van der Waals surface area contributed by atoms with E-state index in [1.807, 2.05) is 37.3 Å². The molecule has 5 heteroatoms. The van der Waals surface area contributed by atoms with Gasteiger partial charge in [0, 0.05) is 28.9 Å². The Morgan fingerprint density at radius 2 is 1.86 bits per heavy atom. The highest BCUT2D eigenvalue weighted by molar-refractivity contribution is 6.31. The van der Waals surface area contributed by atoms with Crippen molar-refractivity contribution in [2.24, 2.45) is 0 Å². The van der Waals surface area contributed by atoms with Gasteiger partial charge in [0.1, 0.15) is 5.82 Å². The van der Waals surface area contributed by atoms with Gasteiger partial charge in [-0.15, -0.1) is 0 Å². The summed E-state index contributed by atoms with van der Waals surface area (Å²) < 4.78 is 0. The summed E-state index contributed by atoms with van der Waals surface area (Å²) in [6, 6.07) is 9.68. The van der Waals surface area contributed by atoms with Crippen LogP contribution in [0.2, 0.25) is 5.02 Å². The minimum Gasteiger partial charge on any atom is -0.365 e. The van der Waals surface area contributed by atoms with Crippen LogP contribution in [0.3, 0.4) is 0 Å². The normalized spacial score (nSPS) is 11.3. The summed E-state index contributed by atoms with van der Waals surface area (Å²) >= 11 is 6.15. The third kappa shape index (κ3) is 4.90. The third-order valence-electron chi connectivity index (χ3n) is 2.75. The van der Waals surface area contributed by atoms with Gasteiger partial charge in [-0.1, -0.05) is 29.8 Å². The summed E-state index contributed by atoms with van der Waals surface area (Å²) in [5, 5.41) is 7.32. The number of aryl methyl sites for hydroxylation is 1. The highest BCUT2D eigenvalue weighted by atomic mass is 35.5. The predicted molar refractivity (Wildman–Crippen MR) is 88.9 cm³/mol. The van der Waals surface area contributed by atoms with Crippen LogP contribution in [0.15, 0.2) is 30.3 Å². The molecule has 21 heavy (non-hydrogen) atoms. The summed E-state index contributed by atoms with van der Waals surface area (Å²) in [6.07, 6.45) is 0. The zero-order valence-electron chi connectivity index (χ0n) is 12.9. The SMILES string of the molecule is Cc1cc(NC(C)(C)C)nc(NCc2ccccc2Cl)n1. The first-order valence-corrected chi connectivity index (χ1v) is 7.32. The Labute approximate surface area is 131 Å². The molecule has 0 fully saturated rings. The van der Waals surface area contributed by atoms with Gasteiger partial charge in [0.2, 0.25) is 5.95 Å². The van der Waals surface area contributed by atoms with E-state index >= 15 is 0 Å². The topological polar surface area (TPSA) is 49.8 Å². The Balaban J connectivity index is 2.12. The summed E-state index contributed by atoms with van der Waals surface area (Å²) in [5.41, 5.74) is 1.90. The molecule has 0 unspecified atom stereocenters. The number of hydrogen-bond donors (Lipinski definition) is 2. The Bertz CT molecular complexity index is 620. The molecule has 1 heterocycles. The standard InChI is InChI=1S/C16H21ClN4/c1-11-9-14(21-16(2,3)4)20-15(19-11)18-10-12-7-5-6-8-13(12)17/h5-9H,10H2,1-4H3,(H2,18,19,20,21). The monoisotopic (exact) mass is 304 g/mol. The van der Waals surface area contributed by atoms with Gasteiger partial charge in [-0.3, -0.25) is 0 Å². The molecule has 0 radical (unpaired) electrons. The van der Waals surface area contributed by atoms with Gasteiger partial charge in [-0.2, -0.15) is 4.98 Å². The van der Waals surface area contributed by atoms with Crippen LogP contribution in [0.4, 0.5) is 11.8 Å². The number of benzene rings is 1. The minimum absolute atomic E-state index is 0.0409. The maximum Gasteiger partial charge on any atom is 0.225 e. The molecule has 0 aliphatic heterocycles. The second kappa shape index (κ2) is 6.31. The van der Waals surface area contributed by atoms with E-state index in [0.29, 0.717) is 12.5 Å². The fraction of sp³-hybridized carbons (Fsp3) is 0.375. The lowest BCUT2D eigenvalue weighted by atomic mass is 10.1. The molecule has 112 valence electrons. The molecular formula is C16H21ClN4. The maximum atomic E-state index is 6.15. The van der Waals surface area contributed by atoms with E-state index in [1.165, 1.54) is 0 Å². The Morgan fingerprint density at radius 1 is 1.14 bits per heavy atom. The molecule has 2 rings (SSSR count). The first-order valence-electron chi connectivity index (χ1n) is 6.95. The molecule has 1 aromatic heterocycles. The summed E-state index contributed by atoms with van der Waals surface area (Å²) in [7, 11) is 0. The number of anilines is 2. The Kier molecular flexibility index (Phi) is 4.68. The van der Waals surface area contributed by atoms with Gasteiger partial charge in [-0.25, -0.2) is 4.98 Å². The van der Waals surface area contributed by atoms with Crippen molar-refractivity contribution in [2.75, 3.05) is 10.6 Å². The average Bonchev–Trinajstić information content (AvgIpc) is 2.35. The van der Waals surface area contributed by atoms with E-state index in [2.05, 4.69) is 41.4 Å². The Morgan fingerprint density at radius 3 is 2.52 bits per heavy atom. The summed E-state index contributed by atoms with van der Waals surface area (Å²) in [6.45, 7) is 8.85. The van der Waals surface area contributed by atoms with Crippen LogP contribution in [0.1, 0.15) is 32.0 Å². The van der Waals surface area contributed by atoms with Crippen LogP contribution < -0.4 is 10.6 Å². The summed E-state index contributed by atoms with van der Waals surface area (Å²) in [5.74, 6) is 1.42. The van der Waals surface area contributed by atoms with Crippen LogP contribution in [-0.2, 0) is 6.54 Å². The number of aromatic nitrogens is 2. The second-order valence-corrected chi connectivity index (χ2v) is 6.45. The van der Waals surface area contributed by atoms with E-state index in [0.717, 1.165) is 22.1 Å². The lowest BCUT2D eigenvalue weighted by Gasteiger charge is -2.21. The fourth-order valence-electron chi connectivity index (χ4n) is 1.91. The largest absolute Gasteiger partial charge is 0.365 e. The zero-order chi connectivity index (χ0) is 15.5. The van der Waals surface area contributed by atoms with Crippen molar-refractivity contribution in [2.45, 2.75) is 39.8 Å². The quantitative estimate of drug-likeness (QED) is 0.886. The van der Waals surface area contributed by atoms with Crippen molar-refractivity contribution in [3.05, 3.63) is 46.6 Å². The van der Waals surface area contributed by atoms with Gasteiger partial charge in [0.15, 0.2) is 0 Å². The Hall–Kier alpha value is -1.81. The molecule has 0 aliphatic rings. The number of nitrogens with one attached hydrogen (secondary N) is 2. The maximum absolute atomic E-state index is 6.15. The molecule has 0 atom stereocenters. The predicted octanol–water partition coefficient (Wildman–Crippen LogP) is 4.26. The van der Waals surface area contributed by atoms with E-state index in [4.69, 9.17) is 11.6 Å². The van der Waals surface area contributed by atoms with Gasteiger partial charge < -0.3 is 10.6 Å². The van der Waals surface area contributed by atoms with E-state index in [-0.39, 0.29) is 5.54 Å². The van der Waals surface area contributed by atoms with E-state index in [9.17, 15) is 0 Å². The van der Waals surface area contributed by atoms with Gasteiger partial charge in [0.05, 0.1) is 0 Å². The molecule has 0 aliphatic carbocycles. The van der Waals surface area contributed by atoms with Crippen LogP contribution in [0.25, 0.3) is 0 Å². The van der Waals surface area contributed by atoms with Crippen molar-refractivity contribution in [3.63, 3.8) is 0 Å². The molecule has 1 aromatic carbocycles. The summed E-state index contributed by atoms with van der Waals surface area (Å²) in [4.78, 5) is 8.89. The number of nitrogens with zero attached hydrogens (tertiary/aromatic N) is 2. The van der Waals surface area contributed by atoms with Crippen molar-refractivity contribution in [3.8, 4) is 0 Å². The highest BCUT2D eigenvalue weighted by Crippen LogP contribution is 2.18. The van der Waals surface area contributed by atoms with Crippen LogP contribution in [-0.4, -0.2) is 15.5 Å². The zero-order valence-corrected chi connectivity index (χ0v) is 13.6. The molecular weight excluding hydrogens is 284 g/mol. The number of hydrogen-bond acceptors (Lipinski definition) is 4. The number of halogens is 1. The number of rotatable bonds is 4. The lowest BCUT2D eigenvalue weighted by molar-refractivity contribution is 0.630. The lowest BCUT2D eigenvalue weighted by Crippen LogP contribution is -2.27. The van der Waals surface area contributed by atoms with Crippen LogP contribution >= 0.6 is 11.6 Å². The molecule has 2 N–H and O–H groups in total. The fourth-order valence-corrected chi connectivity index (χ4v) is 2.11. The average molecular weight is 305 g/mol. The first-order chi connectivity index (χ1) is 9.83. The van der Waals surface area contributed by atoms with E-state index < -0.39 is 0 Å². The van der Waals surface area contributed by atoms with Crippen molar-refractivity contribution >= 4 is 23.4 Å². The van der Waals surface area contributed by atoms with Gasteiger partial charge in [0.25, 0.3) is 0 Å². The molecule has 0 amide bonds. The van der Waals surface area contributed by atoms with Crippen molar-refractivity contribution in [1.29, 1.82) is 0 Å². The second-order valence-electron chi connectivity index (χ2n) is 6.04. The molecule has 0 saturated carbocycles. The van der Waals surface area contributed by atoms with Gasteiger partial charge >= 0.3 is 0 Å². The molecule has 0 bridgehead atoms. The molecule has 2 aromatic rings. The van der Waals surface area contributed by atoms with Crippen LogP contribution in [0.5, 0.6) is 0 Å². The van der Waals surface area contributed by atoms with Gasteiger partial charge in [-0.05, 0) is 39.3 Å². The van der Waals surface area contributed by atoms with Crippen molar-refractivity contribution < 1.29 is 0 Å². The molecule has 0 saturated heterocycles. The van der Waals surface area contributed by atoms with E-state index in [1.54, 1.807) is 0 Å². The molecule has 0 spiro atoms. The third-order valence-corrected chi connectivity index (χ3v) is 3.12.